The summed E-state index contributed by atoms with van der Waals surface area (Å²) in [4.78, 5) is 11.8. The average Bonchev–Trinajstić information content (AvgIpc) is 3.32. The minimum atomic E-state index is 0.623. The fraction of sp³-hybridized carbons (Fsp3) is 0.750. The average molecular weight is 292 g/mol. The lowest BCUT2D eigenvalue weighted by Gasteiger charge is -2.26. The Labute approximate surface area is 128 Å². The number of hydrogen-bond donors (Lipinski definition) is 1. The third kappa shape index (κ3) is 4.06. The van der Waals surface area contributed by atoms with Crippen molar-refractivity contribution in [2.24, 2.45) is 0 Å². The van der Waals surface area contributed by atoms with Crippen LogP contribution in [0.25, 0.3) is 0 Å². The summed E-state index contributed by atoms with van der Waals surface area (Å²) in [5, 5.41) is 3.44. The van der Waals surface area contributed by atoms with E-state index in [4.69, 9.17) is 9.72 Å². The Bertz CT molecular complexity index is 460. The predicted molar refractivity (Wildman–Crippen MR) is 87.2 cm³/mol. The van der Waals surface area contributed by atoms with Crippen molar-refractivity contribution in [2.75, 3.05) is 37.0 Å². The quantitative estimate of drug-likeness (QED) is 0.758. The minimum absolute atomic E-state index is 0.623. The van der Waals surface area contributed by atoms with Gasteiger partial charge < -0.3 is 15.0 Å². The van der Waals surface area contributed by atoms with Crippen molar-refractivity contribution in [3.05, 3.63) is 11.4 Å². The van der Waals surface area contributed by atoms with Gasteiger partial charge in [0.1, 0.15) is 17.5 Å². The van der Waals surface area contributed by atoms with E-state index in [1.165, 1.54) is 12.8 Å². The molecule has 0 radical (unpaired) electrons. The molecule has 0 spiro atoms. The molecule has 0 bridgehead atoms. The monoisotopic (exact) mass is 292 g/mol. The number of hydrogen-bond acceptors (Lipinski definition) is 5. The van der Waals surface area contributed by atoms with Gasteiger partial charge >= 0.3 is 0 Å². The normalized spacial score (nSPS) is 14.3. The van der Waals surface area contributed by atoms with Crippen LogP contribution in [0.3, 0.4) is 0 Å². The Morgan fingerprint density at radius 1 is 1.29 bits per heavy atom. The third-order valence-corrected chi connectivity index (χ3v) is 3.82. The number of methoxy groups -OCH3 is 1. The lowest BCUT2D eigenvalue weighted by atomic mass is 10.2. The molecule has 5 heteroatoms. The van der Waals surface area contributed by atoms with E-state index in [0.29, 0.717) is 6.04 Å². The standard InChI is InChI=1S/C16H28N4O/c1-5-9-17-15-12(3)16(19-14(6-2)18-15)20(10-11-21-4)13-7-8-13/h13H,5-11H2,1-4H3,(H,17,18,19). The summed E-state index contributed by atoms with van der Waals surface area (Å²) in [6.07, 6.45) is 4.46. The van der Waals surface area contributed by atoms with Crippen LogP contribution in [0, 0.1) is 6.92 Å². The first kappa shape index (κ1) is 16.0. The lowest BCUT2D eigenvalue weighted by molar-refractivity contribution is 0.204. The highest BCUT2D eigenvalue weighted by molar-refractivity contribution is 5.59. The number of nitrogens with one attached hydrogen (secondary N) is 1. The Morgan fingerprint density at radius 3 is 2.62 bits per heavy atom. The van der Waals surface area contributed by atoms with Gasteiger partial charge in [-0.15, -0.1) is 0 Å². The second kappa shape index (κ2) is 7.59. The first-order valence-corrected chi connectivity index (χ1v) is 8.08. The summed E-state index contributed by atoms with van der Waals surface area (Å²) in [7, 11) is 1.75. The molecule has 0 aromatic carbocycles. The Balaban J connectivity index is 2.30. The van der Waals surface area contributed by atoms with Crippen molar-refractivity contribution in [3.63, 3.8) is 0 Å². The van der Waals surface area contributed by atoms with Crippen LogP contribution in [0.1, 0.15) is 44.5 Å². The molecule has 1 aliphatic carbocycles. The van der Waals surface area contributed by atoms with Crippen LogP contribution < -0.4 is 10.2 Å². The van der Waals surface area contributed by atoms with Crippen LogP contribution >= 0.6 is 0 Å². The smallest absolute Gasteiger partial charge is 0.137 e. The van der Waals surface area contributed by atoms with Crippen molar-refractivity contribution >= 4 is 11.6 Å². The highest BCUT2D eigenvalue weighted by Crippen LogP contribution is 2.34. The maximum atomic E-state index is 5.26. The van der Waals surface area contributed by atoms with Gasteiger partial charge in [0.15, 0.2) is 0 Å². The second-order valence-electron chi connectivity index (χ2n) is 5.63. The first-order valence-electron chi connectivity index (χ1n) is 8.08. The van der Waals surface area contributed by atoms with Crippen molar-refractivity contribution in [1.29, 1.82) is 0 Å². The fourth-order valence-corrected chi connectivity index (χ4v) is 2.44. The van der Waals surface area contributed by atoms with Crippen LogP contribution in [0.4, 0.5) is 11.6 Å². The Hall–Kier alpha value is -1.36. The molecule has 118 valence electrons. The van der Waals surface area contributed by atoms with Gasteiger partial charge in [-0.3, -0.25) is 0 Å². The van der Waals surface area contributed by atoms with E-state index in [0.717, 1.165) is 55.6 Å². The second-order valence-corrected chi connectivity index (χ2v) is 5.63. The van der Waals surface area contributed by atoms with E-state index in [9.17, 15) is 0 Å². The van der Waals surface area contributed by atoms with Gasteiger partial charge in [-0.1, -0.05) is 13.8 Å². The topological polar surface area (TPSA) is 50.3 Å². The van der Waals surface area contributed by atoms with E-state index < -0.39 is 0 Å². The predicted octanol–water partition coefficient (Wildman–Crippen LogP) is 2.78. The van der Waals surface area contributed by atoms with E-state index in [1.807, 2.05) is 0 Å². The minimum Gasteiger partial charge on any atom is -0.383 e. The number of anilines is 2. The summed E-state index contributed by atoms with van der Waals surface area (Å²) in [5.41, 5.74) is 1.16. The van der Waals surface area contributed by atoms with Crippen LogP contribution in [0.15, 0.2) is 0 Å². The maximum Gasteiger partial charge on any atom is 0.137 e. The number of aromatic nitrogens is 2. The summed E-state index contributed by atoms with van der Waals surface area (Å²) in [5.74, 6) is 2.99. The largest absolute Gasteiger partial charge is 0.383 e. The molecule has 1 aromatic rings. The molecular formula is C16H28N4O. The molecule has 0 unspecified atom stereocenters. The van der Waals surface area contributed by atoms with Gasteiger partial charge in [0, 0.05) is 38.2 Å². The first-order chi connectivity index (χ1) is 10.2. The third-order valence-electron chi connectivity index (χ3n) is 3.82. The molecule has 0 aliphatic heterocycles. The molecule has 1 N–H and O–H groups in total. The Morgan fingerprint density at radius 2 is 2.05 bits per heavy atom. The van der Waals surface area contributed by atoms with Crippen LogP contribution in [0.5, 0.6) is 0 Å². The number of aryl methyl sites for hydroxylation is 1. The molecule has 1 heterocycles. The Kier molecular flexibility index (Phi) is 5.79. The summed E-state index contributed by atoms with van der Waals surface area (Å²) in [6.45, 7) is 8.97. The number of nitrogens with zero attached hydrogens (tertiary/aromatic N) is 3. The zero-order valence-corrected chi connectivity index (χ0v) is 13.8. The molecule has 0 amide bonds. The summed E-state index contributed by atoms with van der Waals surface area (Å²) < 4.78 is 5.26. The van der Waals surface area contributed by atoms with Crippen molar-refractivity contribution in [1.82, 2.24) is 9.97 Å². The van der Waals surface area contributed by atoms with Gasteiger partial charge in [-0.25, -0.2) is 9.97 Å². The molecular weight excluding hydrogens is 264 g/mol. The van der Waals surface area contributed by atoms with Crippen LogP contribution in [-0.4, -0.2) is 42.8 Å². The maximum absolute atomic E-state index is 5.26. The van der Waals surface area contributed by atoms with E-state index in [-0.39, 0.29) is 0 Å². The van der Waals surface area contributed by atoms with Gasteiger partial charge in [0.05, 0.1) is 6.61 Å². The molecule has 1 aromatic heterocycles. The zero-order valence-electron chi connectivity index (χ0n) is 13.8. The highest BCUT2D eigenvalue weighted by atomic mass is 16.5. The van der Waals surface area contributed by atoms with E-state index in [1.54, 1.807) is 7.11 Å². The molecule has 1 fully saturated rings. The molecule has 1 aliphatic rings. The number of rotatable bonds is 9. The molecule has 5 nitrogen and oxygen atoms in total. The SMILES string of the molecule is CCCNc1nc(CC)nc(N(CCOC)C2CC2)c1C. The van der Waals surface area contributed by atoms with Crippen molar-refractivity contribution in [3.8, 4) is 0 Å². The van der Waals surface area contributed by atoms with Gasteiger partial charge in [-0.05, 0) is 26.2 Å². The molecule has 1 saturated carbocycles. The summed E-state index contributed by atoms with van der Waals surface area (Å²) in [6, 6.07) is 0.623. The van der Waals surface area contributed by atoms with Crippen LogP contribution in [-0.2, 0) is 11.2 Å². The fourth-order valence-electron chi connectivity index (χ4n) is 2.44. The summed E-state index contributed by atoms with van der Waals surface area (Å²) >= 11 is 0. The molecule has 0 atom stereocenters. The zero-order chi connectivity index (χ0) is 15.2. The highest BCUT2D eigenvalue weighted by Gasteiger charge is 2.31. The lowest BCUT2D eigenvalue weighted by Crippen LogP contribution is -2.31. The van der Waals surface area contributed by atoms with Gasteiger partial charge in [-0.2, -0.15) is 0 Å². The van der Waals surface area contributed by atoms with Crippen molar-refractivity contribution < 1.29 is 4.74 Å². The van der Waals surface area contributed by atoms with Crippen molar-refractivity contribution in [2.45, 2.75) is 52.5 Å². The van der Waals surface area contributed by atoms with Crippen LogP contribution in [0.2, 0.25) is 0 Å². The molecule has 0 saturated heterocycles. The van der Waals surface area contributed by atoms with E-state index >= 15 is 0 Å². The number of ether oxygens (including phenoxy) is 1. The molecule has 21 heavy (non-hydrogen) atoms. The molecule has 2 rings (SSSR count). The van der Waals surface area contributed by atoms with E-state index in [2.05, 4.69) is 36.0 Å². The van der Waals surface area contributed by atoms with Gasteiger partial charge in [0.2, 0.25) is 0 Å². The van der Waals surface area contributed by atoms with Gasteiger partial charge in [0.25, 0.3) is 0 Å².